The lowest BCUT2D eigenvalue weighted by Crippen LogP contribution is -2.48. The average Bonchev–Trinajstić information content (AvgIpc) is 2.97. The highest BCUT2D eigenvalue weighted by Gasteiger charge is 2.33. The van der Waals surface area contributed by atoms with Crippen LogP contribution in [0.4, 0.5) is 0 Å². The Balaban J connectivity index is 1.62. The van der Waals surface area contributed by atoms with Gasteiger partial charge in [0.25, 0.3) is 0 Å². The van der Waals surface area contributed by atoms with E-state index >= 15 is 0 Å². The van der Waals surface area contributed by atoms with Crippen molar-refractivity contribution in [2.75, 3.05) is 32.9 Å². The third kappa shape index (κ3) is 4.81. The van der Waals surface area contributed by atoms with Gasteiger partial charge in [0.1, 0.15) is 18.0 Å². The third-order valence-corrected chi connectivity index (χ3v) is 4.45. The van der Waals surface area contributed by atoms with E-state index in [0.29, 0.717) is 13.2 Å². The summed E-state index contributed by atoms with van der Waals surface area (Å²) >= 11 is 0. The standard InChI is InChI=1S/C19H27N3O3/c1-3-22-12-17(10-20-22)11-21-8-9-24-14-19(23,13-21)15-25-18-7-5-4-6-16(18)2/h4-7,10,12,23H,3,8-9,11,13-15H2,1-2H3/t19-/m1/s1. The highest BCUT2D eigenvalue weighted by atomic mass is 16.5. The van der Waals surface area contributed by atoms with Crippen LogP contribution in [0.3, 0.4) is 0 Å². The summed E-state index contributed by atoms with van der Waals surface area (Å²) < 4.78 is 13.4. The lowest BCUT2D eigenvalue weighted by Gasteiger charge is -2.30. The van der Waals surface area contributed by atoms with Crippen molar-refractivity contribution in [3.63, 3.8) is 0 Å². The highest BCUT2D eigenvalue weighted by molar-refractivity contribution is 5.31. The molecule has 136 valence electrons. The van der Waals surface area contributed by atoms with Crippen LogP contribution >= 0.6 is 0 Å². The second-order valence-electron chi connectivity index (χ2n) is 6.75. The Morgan fingerprint density at radius 1 is 1.36 bits per heavy atom. The molecule has 1 N–H and O–H groups in total. The predicted molar refractivity (Wildman–Crippen MR) is 95.6 cm³/mol. The van der Waals surface area contributed by atoms with Crippen molar-refractivity contribution >= 4 is 0 Å². The number of β-amino-alcohol motifs (C(OH)–C–C–N with tert-alkyl or cyclic N) is 1. The van der Waals surface area contributed by atoms with Crippen LogP contribution in [-0.4, -0.2) is 58.3 Å². The number of rotatable bonds is 6. The summed E-state index contributed by atoms with van der Waals surface area (Å²) in [7, 11) is 0. The molecule has 1 fully saturated rings. The second-order valence-corrected chi connectivity index (χ2v) is 6.75. The van der Waals surface area contributed by atoms with Gasteiger partial charge in [0.2, 0.25) is 0 Å². The number of benzene rings is 1. The molecule has 0 unspecified atom stereocenters. The van der Waals surface area contributed by atoms with Crippen LogP contribution in [0.25, 0.3) is 0 Å². The molecule has 1 aliphatic heterocycles. The molecule has 0 amide bonds. The van der Waals surface area contributed by atoms with Crippen LogP contribution in [-0.2, 0) is 17.8 Å². The van der Waals surface area contributed by atoms with Crippen LogP contribution in [0.5, 0.6) is 5.75 Å². The number of aryl methyl sites for hydroxylation is 2. The number of hydrogen-bond donors (Lipinski definition) is 1. The summed E-state index contributed by atoms with van der Waals surface area (Å²) in [6.07, 6.45) is 3.94. The minimum Gasteiger partial charge on any atom is -0.490 e. The Bertz CT molecular complexity index is 688. The van der Waals surface area contributed by atoms with E-state index in [1.807, 2.05) is 42.1 Å². The van der Waals surface area contributed by atoms with E-state index in [2.05, 4.69) is 23.1 Å². The zero-order valence-corrected chi connectivity index (χ0v) is 15.0. The molecule has 1 aliphatic rings. The maximum absolute atomic E-state index is 11.0. The van der Waals surface area contributed by atoms with Gasteiger partial charge in [0.05, 0.1) is 19.4 Å². The van der Waals surface area contributed by atoms with Crippen molar-refractivity contribution in [3.8, 4) is 5.75 Å². The fourth-order valence-corrected chi connectivity index (χ4v) is 3.07. The molecule has 2 heterocycles. The average molecular weight is 345 g/mol. The molecular formula is C19H27N3O3. The number of para-hydroxylation sites is 1. The quantitative estimate of drug-likeness (QED) is 0.866. The maximum atomic E-state index is 11.0. The molecule has 0 spiro atoms. The van der Waals surface area contributed by atoms with Crippen molar-refractivity contribution in [2.24, 2.45) is 0 Å². The molecule has 1 aromatic heterocycles. The van der Waals surface area contributed by atoms with Crippen LogP contribution in [0.1, 0.15) is 18.1 Å². The smallest absolute Gasteiger partial charge is 0.134 e. The van der Waals surface area contributed by atoms with Crippen molar-refractivity contribution in [2.45, 2.75) is 32.5 Å². The van der Waals surface area contributed by atoms with Crippen LogP contribution in [0.2, 0.25) is 0 Å². The van der Waals surface area contributed by atoms with Gasteiger partial charge in [0.15, 0.2) is 0 Å². The monoisotopic (exact) mass is 345 g/mol. The van der Waals surface area contributed by atoms with Gasteiger partial charge in [0, 0.05) is 37.9 Å². The Morgan fingerprint density at radius 2 is 2.20 bits per heavy atom. The Hall–Kier alpha value is -1.89. The number of aliphatic hydroxyl groups is 1. The Kier molecular flexibility index (Phi) is 5.73. The maximum Gasteiger partial charge on any atom is 0.134 e. The van der Waals surface area contributed by atoms with Gasteiger partial charge >= 0.3 is 0 Å². The van der Waals surface area contributed by atoms with Gasteiger partial charge in [-0.2, -0.15) is 5.10 Å². The molecule has 1 atom stereocenters. The summed E-state index contributed by atoms with van der Waals surface area (Å²) in [6, 6.07) is 7.84. The normalized spacial score (nSPS) is 21.9. The summed E-state index contributed by atoms with van der Waals surface area (Å²) in [5, 5.41) is 15.3. The lowest BCUT2D eigenvalue weighted by atomic mass is 10.1. The summed E-state index contributed by atoms with van der Waals surface area (Å²) in [4.78, 5) is 2.20. The van der Waals surface area contributed by atoms with Gasteiger partial charge in [-0.3, -0.25) is 9.58 Å². The second kappa shape index (κ2) is 7.99. The minimum atomic E-state index is -1.03. The molecule has 1 aromatic carbocycles. The number of nitrogens with zero attached hydrogens (tertiary/aromatic N) is 3. The van der Waals surface area contributed by atoms with E-state index < -0.39 is 5.60 Å². The van der Waals surface area contributed by atoms with E-state index in [4.69, 9.17) is 9.47 Å². The third-order valence-electron chi connectivity index (χ3n) is 4.45. The topological polar surface area (TPSA) is 59.8 Å². The van der Waals surface area contributed by atoms with Crippen molar-refractivity contribution in [1.82, 2.24) is 14.7 Å². The van der Waals surface area contributed by atoms with E-state index in [9.17, 15) is 5.11 Å². The molecule has 2 aromatic rings. The molecule has 0 aliphatic carbocycles. The van der Waals surface area contributed by atoms with Gasteiger partial charge < -0.3 is 14.6 Å². The van der Waals surface area contributed by atoms with E-state index in [-0.39, 0.29) is 13.2 Å². The van der Waals surface area contributed by atoms with Crippen LogP contribution < -0.4 is 4.74 Å². The fraction of sp³-hybridized carbons (Fsp3) is 0.526. The number of aromatic nitrogens is 2. The highest BCUT2D eigenvalue weighted by Crippen LogP contribution is 2.20. The molecule has 6 heteroatoms. The zero-order chi connectivity index (χ0) is 17.7. The van der Waals surface area contributed by atoms with E-state index in [0.717, 1.165) is 36.5 Å². The molecule has 0 saturated carbocycles. The molecule has 1 saturated heterocycles. The van der Waals surface area contributed by atoms with Crippen LogP contribution in [0.15, 0.2) is 36.7 Å². The molecule has 0 bridgehead atoms. The number of ether oxygens (including phenoxy) is 2. The Labute approximate surface area is 149 Å². The first kappa shape index (κ1) is 17.9. The summed E-state index contributed by atoms with van der Waals surface area (Å²) in [5.74, 6) is 0.802. The first-order valence-corrected chi connectivity index (χ1v) is 8.80. The van der Waals surface area contributed by atoms with Gasteiger partial charge in [-0.05, 0) is 25.5 Å². The molecular weight excluding hydrogens is 318 g/mol. The minimum absolute atomic E-state index is 0.211. The van der Waals surface area contributed by atoms with E-state index in [1.165, 1.54) is 0 Å². The van der Waals surface area contributed by atoms with Gasteiger partial charge in [-0.1, -0.05) is 18.2 Å². The fourth-order valence-electron chi connectivity index (χ4n) is 3.07. The van der Waals surface area contributed by atoms with Crippen molar-refractivity contribution < 1.29 is 14.6 Å². The van der Waals surface area contributed by atoms with E-state index in [1.54, 1.807) is 0 Å². The zero-order valence-electron chi connectivity index (χ0n) is 15.0. The largest absolute Gasteiger partial charge is 0.490 e. The summed E-state index contributed by atoms with van der Waals surface area (Å²) in [6.45, 7) is 8.06. The first-order valence-electron chi connectivity index (χ1n) is 8.80. The molecule has 25 heavy (non-hydrogen) atoms. The van der Waals surface area contributed by atoms with Crippen molar-refractivity contribution in [1.29, 1.82) is 0 Å². The summed E-state index contributed by atoms with van der Waals surface area (Å²) in [5.41, 5.74) is 1.18. The predicted octanol–water partition coefficient (Wildman–Crippen LogP) is 1.85. The Morgan fingerprint density at radius 3 is 2.96 bits per heavy atom. The first-order chi connectivity index (χ1) is 12.1. The van der Waals surface area contributed by atoms with Gasteiger partial charge in [-0.25, -0.2) is 0 Å². The van der Waals surface area contributed by atoms with Crippen molar-refractivity contribution in [3.05, 3.63) is 47.8 Å². The number of hydrogen-bond acceptors (Lipinski definition) is 5. The molecule has 0 radical (unpaired) electrons. The SMILES string of the molecule is CCn1cc(CN2CCOC[C@@](O)(COc3ccccc3C)C2)cn1. The lowest BCUT2D eigenvalue weighted by molar-refractivity contribution is -0.0647. The van der Waals surface area contributed by atoms with Gasteiger partial charge in [-0.15, -0.1) is 0 Å². The molecule has 3 rings (SSSR count). The molecule has 6 nitrogen and oxygen atoms in total. The van der Waals surface area contributed by atoms with Crippen LogP contribution in [0, 0.1) is 6.92 Å².